The van der Waals surface area contributed by atoms with Crippen LogP contribution in [0.25, 0.3) is 11.5 Å². The molecule has 1 N–H and O–H groups in total. The third-order valence-corrected chi connectivity index (χ3v) is 2.52. The first-order valence-electron chi connectivity index (χ1n) is 5.62. The van der Waals surface area contributed by atoms with Crippen LogP contribution >= 0.6 is 0 Å². The number of nitrogens with zero attached hydrogens (tertiary/aromatic N) is 4. The molecule has 2 rings (SSSR count). The number of amides is 1. The highest BCUT2D eigenvalue weighted by molar-refractivity contribution is 5.83. The number of benzene rings is 1. The van der Waals surface area contributed by atoms with Crippen molar-refractivity contribution in [1.82, 2.24) is 10.2 Å². The lowest BCUT2D eigenvalue weighted by Gasteiger charge is -2.09. The Morgan fingerprint density at radius 2 is 2.15 bits per heavy atom. The molecule has 20 heavy (non-hydrogen) atoms. The zero-order valence-corrected chi connectivity index (χ0v) is 10.4. The van der Waals surface area contributed by atoms with Crippen LogP contribution in [0.5, 0.6) is 0 Å². The Balaban J connectivity index is 2.44. The van der Waals surface area contributed by atoms with Crippen molar-refractivity contribution in [3.63, 3.8) is 0 Å². The number of carboxylic acid groups (broad SMARTS) is 1. The van der Waals surface area contributed by atoms with E-state index < -0.39 is 11.0 Å². The number of aromatic nitrogens is 2. The topological polar surface area (TPSA) is 123 Å². The maximum Gasteiger partial charge on any atom is 0.415 e. The molecule has 1 heterocycles. The minimum atomic E-state index is -1.25. The summed E-state index contributed by atoms with van der Waals surface area (Å²) in [7, 11) is 0. The molecule has 0 aliphatic heterocycles. The lowest BCUT2D eigenvalue weighted by molar-refractivity contribution is -0.384. The number of carbonyl (C=O) groups is 1. The van der Waals surface area contributed by atoms with Gasteiger partial charge >= 0.3 is 12.1 Å². The van der Waals surface area contributed by atoms with Crippen LogP contribution in [0.1, 0.15) is 6.92 Å². The first-order chi connectivity index (χ1) is 9.54. The molecule has 0 aliphatic carbocycles. The molecule has 0 aliphatic rings. The summed E-state index contributed by atoms with van der Waals surface area (Å²) in [5.41, 5.74) is -0.0567. The van der Waals surface area contributed by atoms with Gasteiger partial charge in [0.25, 0.3) is 11.6 Å². The third-order valence-electron chi connectivity index (χ3n) is 2.52. The van der Waals surface area contributed by atoms with Gasteiger partial charge in [0.2, 0.25) is 0 Å². The summed E-state index contributed by atoms with van der Waals surface area (Å²) in [5, 5.41) is 27.1. The molecular formula is C11H10N4O5. The summed E-state index contributed by atoms with van der Waals surface area (Å²) in [5.74, 6) is -0.105. The van der Waals surface area contributed by atoms with Crippen LogP contribution in [0.4, 0.5) is 16.5 Å². The minimum absolute atomic E-state index is 0.105. The van der Waals surface area contributed by atoms with Crippen LogP contribution in [0.2, 0.25) is 0 Å². The maximum atomic E-state index is 10.9. The summed E-state index contributed by atoms with van der Waals surface area (Å²) in [6.45, 7) is 1.72. The van der Waals surface area contributed by atoms with E-state index in [2.05, 4.69) is 10.2 Å². The predicted molar refractivity (Wildman–Crippen MR) is 67.4 cm³/mol. The van der Waals surface area contributed by atoms with Crippen molar-refractivity contribution in [2.45, 2.75) is 6.92 Å². The van der Waals surface area contributed by atoms with Gasteiger partial charge in [-0.1, -0.05) is 17.2 Å². The fourth-order valence-corrected chi connectivity index (χ4v) is 1.60. The molecule has 1 aromatic carbocycles. The zero-order valence-electron chi connectivity index (χ0n) is 10.4. The van der Waals surface area contributed by atoms with E-state index in [0.717, 1.165) is 4.90 Å². The van der Waals surface area contributed by atoms with Crippen molar-refractivity contribution in [2.24, 2.45) is 0 Å². The molecule has 0 fully saturated rings. The van der Waals surface area contributed by atoms with Crippen LogP contribution in [0.15, 0.2) is 28.7 Å². The van der Waals surface area contributed by atoms with E-state index in [1.807, 2.05) is 0 Å². The monoisotopic (exact) mass is 278 g/mol. The molecule has 104 valence electrons. The molecule has 0 bridgehead atoms. The predicted octanol–water partition coefficient (Wildman–Crippen LogP) is 2.15. The summed E-state index contributed by atoms with van der Waals surface area (Å²) >= 11 is 0. The summed E-state index contributed by atoms with van der Waals surface area (Å²) in [4.78, 5) is 22.1. The van der Waals surface area contributed by atoms with E-state index in [0.29, 0.717) is 0 Å². The largest absolute Gasteiger partial charge is 0.465 e. The molecule has 2 aromatic rings. The molecular weight excluding hydrogens is 268 g/mol. The minimum Gasteiger partial charge on any atom is -0.465 e. The molecule has 1 amide bonds. The van der Waals surface area contributed by atoms with E-state index in [4.69, 9.17) is 9.52 Å². The second-order valence-corrected chi connectivity index (χ2v) is 3.69. The van der Waals surface area contributed by atoms with Crippen LogP contribution < -0.4 is 4.90 Å². The van der Waals surface area contributed by atoms with Gasteiger partial charge in [0.05, 0.1) is 4.92 Å². The number of nitro groups is 1. The second kappa shape index (κ2) is 5.34. The second-order valence-electron chi connectivity index (χ2n) is 3.69. The number of rotatable bonds is 4. The van der Waals surface area contributed by atoms with Gasteiger partial charge in [-0.15, -0.1) is 5.10 Å². The Hall–Kier alpha value is -2.97. The average molecular weight is 278 g/mol. The highest BCUT2D eigenvalue weighted by Crippen LogP contribution is 2.29. The summed E-state index contributed by atoms with van der Waals surface area (Å²) < 4.78 is 5.19. The number of anilines is 1. The van der Waals surface area contributed by atoms with Gasteiger partial charge < -0.3 is 9.52 Å². The summed E-state index contributed by atoms with van der Waals surface area (Å²) in [6, 6.07) is 5.61. The van der Waals surface area contributed by atoms with E-state index in [-0.39, 0.29) is 29.7 Å². The van der Waals surface area contributed by atoms with Crippen LogP contribution in [0, 0.1) is 10.1 Å². The number of para-hydroxylation sites is 1. The lowest BCUT2D eigenvalue weighted by Crippen LogP contribution is -2.28. The van der Waals surface area contributed by atoms with E-state index >= 15 is 0 Å². The highest BCUT2D eigenvalue weighted by Gasteiger charge is 2.23. The standard InChI is InChI=1S/C11H10N4O5/c1-2-14(11(16)17)10-13-12-9(20-10)7-5-3-4-6-8(7)15(18)19/h3-6H,2H2,1H3,(H,16,17). The van der Waals surface area contributed by atoms with Crippen LogP contribution in [-0.2, 0) is 0 Å². The van der Waals surface area contributed by atoms with Gasteiger partial charge in [-0.25, -0.2) is 9.69 Å². The van der Waals surface area contributed by atoms with Crippen molar-refractivity contribution in [2.75, 3.05) is 11.4 Å². The average Bonchev–Trinajstić information content (AvgIpc) is 2.88. The van der Waals surface area contributed by atoms with Crippen molar-refractivity contribution >= 4 is 17.8 Å². The molecule has 9 nitrogen and oxygen atoms in total. The Labute approximate surface area is 112 Å². The number of hydrogen-bond donors (Lipinski definition) is 1. The van der Waals surface area contributed by atoms with E-state index in [1.54, 1.807) is 13.0 Å². The zero-order chi connectivity index (χ0) is 14.7. The molecule has 0 radical (unpaired) electrons. The maximum absolute atomic E-state index is 10.9. The molecule has 0 spiro atoms. The first-order valence-corrected chi connectivity index (χ1v) is 5.62. The van der Waals surface area contributed by atoms with Gasteiger partial charge in [0.15, 0.2) is 0 Å². The molecule has 1 aromatic heterocycles. The van der Waals surface area contributed by atoms with Crippen molar-refractivity contribution in [1.29, 1.82) is 0 Å². The Kier molecular flexibility index (Phi) is 3.60. The molecule has 9 heteroatoms. The Morgan fingerprint density at radius 3 is 2.75 bits per heavy atom. The molecule has 0 atom stereocenters. The smallest absolute Gasteiger partial charge is 0.415 e. The van der Waals surface area contributed by atoms with Gasteiger partial charge in [-0.05, 0) is 13.0 Å². The van der Waals surface area contributed by atoms with E-state index in [9.17, 15) is 14.9 Å². The van der Waals surface area contributed by atoms with Gasteiger partial charge in [-0.3, -0.25) is 10.1 Å². The first kappa shape index (κ1) is 13.5. The van der Waals surface area contributed by atoms with Crippen molar-refractivity contribution in [3.05, 3.63) is 34.4 Å². The van der Waals surface area contributed by atoms with Crippen LogP contribution in [-0.4, -0.2) is 32.9 Å². The fraction of sp³-hybridized carbons (Fsp3) is 0.182. The van der Waals surface area contributed by atoms with E-state index in [1.165, 1.54) is 18.2 Å². The molecule has 0 saturated carbocycles. The highest BCUT2D eigenvalue weighted by atomic mass is 16.6. The van der Waals surface area contributed by atoms with Gasteiger partial charge in [0, 0.05) is 12.6 Å². The molecule has 0 saturated heterocycles. The van der Waals surface area contributed by atoms with Gasteiger partial charge in [0.1, 0.15) is 5.56 Å². The van der Waals surface area contributed by atoms with Crippen molar-refractivity contribution in [3.8, 4) is 11.5 Å². The third kappa shape index (κ3) is 2.41. The summed E-state index contributed by atoms with van der Waals surface area (Å²) in [6.07, 6.45) is -1.25. The number of hydrogen-bond acceptors (Lipinski definition) is 6. The van der Waals surface area contributed by atoms with Crippen LogP contribution in [0.3, 0.4) is 0 Å². The Bertz CT molecular complexity index is 654. The number of nitro benzene ring substituents is 1. The SMILES string of the molecule is CCN(C(=O)O)c1nnc(-c2ccccc2[N+](=O)[O-])o1. The van der Waals surface area contributed by atoms with Crippen molar-refractivity contribution < 1.29 is 19.2 Å². The fourth-order valence-electron chi connectivity index (χ4n) is 1.60. The lowest BCUT2D eigenvalue weighted by atomic mass is 10.2. The van der Waals surface area contributed by atoms with Gasteiger partial charge in [-0.2, -0.15) is 0 Å². The molecule has 0 unspecified atom stereocenters. The normalized spacial score (nSPS) is 10.2. The Morgan fingerprint density at radius 1 is 1.45 bits per heavy atom. The quantitative estimate of drug-likeness (QED) is 0.671.